The van der Waals surface area contributed by atoms with E-state index in [1.807, 2.05) is 12.1 Å². The zero-order valence-corrected chi connectivity index (χ0v) is 15.0. The summed E-state index contributed by atoms with van der Waals surface area (Å²) in [6, 6.07) is 7.13. The molecular formula is C18H18O4Te. The van der Waals surface area contributed by atoms with Crippen LogP contribution in [0, 0.1) is 0 Å². The number of benzene rings is 2. The number of hydrogen-bond donors (Lipinski definition) is 2. The molecule has 0 saturated heterocycles. The van der Waals surface area contributed by atoms with Gasteiger partial charge in [-0.1, -0.05) is 0 Å². The van der Waals surface area contributed by atoms with Crippen LogP contribution in [0.2, 0.25) is 0 Å². The number of aromatic hydroxyl groups is 2. The Morgan fingerprint density at radius 1 is 0.739 bits per heavy atom. The Bertz CT molecular complexity index is 694. The number of rotatable bonds is 2. The van der Waals surface area contributed by atoms with Crippen molar-refractivity contribution in [2.45, 2.75) is 25.7 Å². The monoisotopic (exact) mass is 428 g/mol. The minimum absolute atomic E-state index is 0.324. The molecule has 2 aliphatic rings. The molecule has 0 fully saturated rings. The molecule has 2 aromatic rings. The first kappa shape index (κ1) is 15.0. The average Bonchev–Trinajstić information content (AvgIpc) is 2.59. The van der Waals surface area contributed by atoms with E-state index in [0.717, 1.165) is 68.7 Å². The molecule has 2 aliphatic heterocycles. The molecule has 0 amide bonds. The van der Waals surface area contributed by atoms with Crippen LogP contribution in [0.4, 0.5) is 0 Å². The van der Waals surface area contributed by atoms with E-state index < -0.39 is 20.9 Å². The number of phenolic OH excluding ortho intramolecular Hbond substituents is 2. The third-order valence-electron chi connectivity index (χ3n) is 4.25. The maximum atomic E-state index is 10.4. The summed E-state index contributed by atoms with van der Waals surface area (Å²) in [6.07, 6.45) is 3.79. The molecule has 2 heterocycles. The molecule has 4 rings (SSSR count). The quantitative estimate of drug-likeness (QED) is 0.714. The average molecular weight is 426 g/mol. The van der Waals surface area contributed by atoms with E-state index in [1.165, 1.54) is 0 Å². The van der Waals surface area contributed by atoms with Crippen LogP contribution in [-0.2, 0) is 12.8 Å². The summed E-state index contributed by atoms with van der Waals surface area (Å²) in [4.78, 5) is 0. The first-order chi connectivity index (χ1) is 11.2. The van der Waals surface area contributed by atoms with Crippen molar-refractivity contribution >= 4 is 28.1 Å². The Morgan fingerprint density at radius 2 is 1.22 bits per heavy atom. The molecule has 4 nitrogen and oxygen atoms in total. The van der Waals surface area contributed by atoms with Crippen LogP contribution in [0.15, 0.2) is 24.3 Å². The topological polar surface area (TPSA) is 58.9 Å². The van der Waals surface area contributed by atoms with E-state index in [-0.39, 0.29) is 0 Å². The molecule has 5 heteroatoms. The van der Waals surface area contributed by atoms with Crippen molar-refractivity contribution in [3.63, 3.8) is 0 Å². The summed E-state index contributed by atoms with van der Waals surface area (Å²) in [5.41, 5.74) is 2.24. The molecule has 120 valence electrons. The van der Waals surface area contributed by atoms with Gasteiger partial charge < -0.3 is 0 Å². The van der Waals surface area contributed by atoms with Crippen LogP contribution in [-0.4, -0.2) is 44.3 Å². The fourth-order valence-corrected chi connectivity index (χ4v) is 6.56. The molecule has 0 aliphatic carbocycles. The first-order valence-electron chi connectivity index (χ1n) is 7.87. The molecule has 23 heavy (non-hydrogen) atoms. The Hall–Kier alpha value is -1.57. The van der Waals surface area contributed by atoms with Gasteiger partial charge >= 0.3 is 145 Å². The zero-order chi connectivity index (χ0) is 15.8. The Kier molecular flexibility index (Phi) is 4.00. The second-order valence-electron chi connectivity index (χ2n) is 5.79. The van der Waals surface area contributed by atoms with Gasteiger partial charge in [-0.2, -0.15) is 0 Å². The summed E-state index contributed by atoms with van der Waals surface area (Å²) < 4.78 is 13.4. The van der Waals surface area contributed by atoms with Crippen LogP contribution < -0.4 is 16.7 Å². The van der Waals surface area contributed by atoms with E-state index in [4.69, 9.17) is 9.47 Å². The van der Waals surface area contributed by atoms with Gasteiger partial charge in [-0.3, -0.25) is 0 Å². The third kappa shape index (κ3) is 2.73. The molecule has 0 bridgehead atoms. The van der Waals surface area contributed by atoms with E-state index >= 15 is 0 Å². The SMILES string of the molecule is Oc1ccc2c(c1[Te]c1c(O)ccc3c1CCCO3)CCCO2. The molecule has 0 atom stereocenters. The summed E-state index contributed by atoms with van der Waals surface area (Å²) in [5, 5.41) is 20.8. The molecule has 0 aromatic heterocycles. The van der Waals surface area contributed by atoms with Crippen molar-refractivity contribution in [3.05, 3.63) is 35.4 Å². The number of ether oxygens (including phenoxy) is 2. The van der Waals surface area contributed by atoms with E-state index in [2.05, 4.69) is 0 Å². The maximum absolute atomic E-state index is 10.4. The summed E-state index contributed by atoms with van der Waals surface area (Å²) in [7, 11) is 0. The number of fused-ring (bicyclic) bond motifs is 2. The van der Waals surface area contributed by atoms with Gasteiger partial charge in [0, 0.05) is 0 Å². The van der Waals surface area contributed by atoms with Crippen LogP contribution >= 0.6 is 0 Å². The molecular weight excluding hydrogens is 408 g/mol. The van der Waals surface area contributed by atoms with Crippen molar-refractivity contribution in [1.29, 1.82) is 0 Å². The fraction of sp³-hybridized carbons (Fsp3) is 0.333. The molecule has 0 unspecified atom stereocenters. The van der Waals surface area contributed by atoms with Crippen LogP contribution in [0.3, 0.4) is 0 Å². The van der Waals surface area contributed by atoms with Gasteiger partial charge in [0.25, 0.3) is 0 Å². The second-order valence-corrected chi connectivity index (χ2v) is 8.70. The van der Waals surface area contributed by atoms with Gasteiger partial charge in [0.15, 0.2) is 0 Å². The Labute approximate surface area is 145 Å². The summed E-state index contributed by atoms with van der Waals surface area (Å²) >= 11 is -0.928. The summed E-state index contributed by atoms with van der Waals surface area (Å²) in [5.74, 6) is 2.42. The van der Waals surface area contributed by atoms with Crippen LogP contribution in [0.1, 0.15) is 24.0 Å². The van der Waals surface area contributed by atoms with Crippen LogP contribution in [0.5, 0.6) is 23.0 Å². The van der Waals surface area contributed by atoms with E-state index in [0.29, 0.717) is 11.5 Å². The van der Waals surface area contributed by atoms with Gasteiger partial charge in [-0.25, -0.2) is 0 Å². The Morgan fingerprint density at radius 3 is 1.70 bits per heavy atom. The number of hydrogen-bond acceptors (Lipinski definition) is 4. The van der Waals surface area contributed by atoms with Crippen molar-refractivity contribution in [1.82, 2.24) is 0 Å². The zero-order valence-electron chi connectivity index (χ0n) is 12.7. The van der Waals surface area contributed by atoms with Gasteiger partial charge in [0.1, 0.15) is 0 Å². The molecule has 0 spiro atoms. The van der Waals surface area contributed by atoms with Gasteiger partial charge in [0.2, 0.25) is 0 Å². The van der Waals surface area contributed by atoms with Crippen molar-refractivity contribution in [2.75, 3.05) is 13.2 Å². The molecule has 2 aromatic carbocycles. The second kappa shape index (κ2) is 6.14. The predicted molar refractivity (Wildman–Crippen MR) is 88.9 cm³/mol. The van der Waals surface area contributed by atoms with E-state index in [1.54, 1.807) is 12.1 Å². The third-order valence-corrected chi connectivity index (χ3v) is 8.02. The molecule has 2 N–H and O–H groups in total. The predicted octanol–water partition coefficient (Wildman–Crippen LogP) is 1.40. The van der Waals surface area contributed by atoms with Crippen molar-refractivity contribution in [3.8, 4) is 23.0 Å². The van der Waals surface area contributed by atoms with Gasteiger partial charge in [-0.15, -0.1) is 0 Å². The minimum atomic E-state index is -0.928. The van der Waals surface area contributed by atoms with Crippen molar-refractivity contribution < 1.29 is 19.7 Å². The summed E-state index contributed by atoms with van der Waals surface area (Å²) in [6.45, 7) is 1.47. The molecule has 0 radical (unpaired) electrons. The van der Waals surface area contributed by atoms with Gasteiger partial charge in [-0.05, 0) is 0 Å². The Balaban J connectivity index is 1.80. The first-order valence-corrected chi connectivity index (χ1v) is 10.2. The number of phenols is 2. The normalized spacial score (nSPS) is 16.0. The van der Waals surface area contributed by atoms with Crippen LogP contribution in [0.25, 0.3) is 0 Å². The van der Waals surface area contributed by atoms with Gasteiger partial charge in [0.05, 0.1) is 0 Å². The molecule has 0 saturated carbocycles. The fourth-order valence-electron chi connectivity index (χ4n) is 3.13. The standard InChI is InChI=1S/C18H18O4Te/c19-13-5-7-15-11(3-1-9-21-15)17(13)23-18-12-4-2-10-22-16(12)8-6-14(18)20/h5-8,19-20H,1-4,9-10H2. The van der Waals surface area contributed by atoms with E-state index in [9.17, 15) is 10.2 Å². The van der Waals surface area contributed by atoms with Crippen molar-refractivity contribution in [2.24, 2.45) is 0 Å².